The fraction of sp³-hybridized carbons (Fsp3) is 0. The Balaban J connectivity index is 2.58. The number of anilines is 1. The minimum absolute atomic E-state index is 0.187. The molecule has 0 radical (unpaired) electrons. The molecule has 0 unspecified atom stereocenters. The molecular weight excluding hydrogens is 268 g/mol. The van der Waals surface area contributed by atoms with Crippen molar-refractivity contribution in [2.75, 3.05) is 5.73 Å². The number of hydrogen-bond acceptors (Lipinski definition) is 2. The third-order valence-corrected chi connectivity index (χ3v) is 2.51. The summed E-state index contributed by atoms with van der Waals surface area (Å²) in [5, 5.41) is 6.21. The summed E-state index contributed by atoms with van der Waals surface area (Å²) in [5.74, 6) is -1.06. The van der Waals surface area contributed by atoms with Crippen LogP contribution in [-0.2, 0) is 0 Å². The molecule has 0 amide bonds. The third-order valence-electron chi connectivity index (χ3n) is 1.90. The second-order valence-electron chi connectivity index (χ2n) is 2.95. The molecule has 2 aromatic rings. The molecule has 0 atom stereocenters. The van der Waals surface area contributed by atoms with E-state index in [9.17, 15) is 8.78 Å². The number of nitrogen functional groups attached to an aromatic ring is 1. The van der Waals surface area contributed by atoms with E-state index in [1.807, 2.05) is 0 Å². The van der Waals surface area contributed by atoms with Crippen LogP contribution in [0.2, 0.25) is 0 Å². The van der Waals surface area contributed by atoms with E-state index >= 15 is 0 Å². The third kappa shape index (κ3) is 1.85. The van der Waals surface area contributed by atoms with Gasteiger partial charge in [-0.25, -0.2) is 8.78 Å². The molecule has 2 rings (SSSR count). The van der Waals surface area contributed by atoms with Crippen molar-refractivity contribution in [3.63, 3.8) is 0 Å². The summed E-state index contributed by atoms with van der Waals surface area (Å²) in [4.78, 5) is 0. The van der Waals surface area contributed by atoms with E-state index in [4.69, 9.17) is 5.73 Å². The zero-order valence-electron chi connectivity index (χ0n) is 7.39. The standard InChI is InChI=1S/C9H6BrF2N3/c10-5-1-4(6(11)2-7(5)12)8-3-9(13)15-14-8/h1-3H,(H3,13,14,15). The van der Waals surface area contributed by atoms with E-state index in [-0.39, 0.29) is 15.9 Å². The number of benzene rings is 1. The molecule has 0 aliphatic carbocycles. The average molecular weight is 274 g/mol. The largest absolute Gasteiger partial charge is 0.382 e. The van der Waals surface area contributed by atoms with Gasteiger partial charge in [0, 0.05) is 17.7 Å². The van der Waals surface area contributed by atoms with Crippen molar-refractivity contribution in [2.24, 2.45) is 0 Å². The lowest BCUT2D eigenvalue weighted by atomic mass is 10.1. The molecule has 0 fully saturated rings. The van der Waals surface area contributed by atoms with Crippen molar-refractivity contribution >= 4 is 21.7 Å². The van der Waals surface area contributed by atoms with Gasteiger partial charge in [-0.15, -0.1) is 0 Å². The molecule has 6 heteroatoms. The zero-order chi connectivity index (χ0) is 11.0. The second kappa shape index (κ2) is 3.62. The molecule has 15 heavy (non-hydrogen) atoms. The Morgan fingerprint density at radius 2 is 1.93 bits per heavy atom. The maximum atomic E-state index is 13.4. The quantitative estimate of drug-likeness (QED) is 0.785. The van der Waals surface area contributed by atoms with Crippen molar-refractivity contribution < 1.29 is 8.78 Å². The van der Waals surface area contributed by atoms with Crippen LogP contribution in [0.15, 0.2) is 22.7 Å². The summed E-state index contributed by atoms with van der Waals surface area (Å²) >= 11 is 2.98. The molecule has 0 spiro atoms. The van der Waals surface area contributed by atoms with Crippen molar-refractivity contribution in [3.8, 4) is 11.3 Å². The van der Waals surface area contributed by atoms with Crippen molar-refractivity contribution in [1.82, 2.24) is 10.2 Å². The summed E-state index contributed by atoms with van der Waals surface area (Å²) in [5.41, 5.74) is 6.01. The number of aromatic amines is 1. The number of nitrogens with zero attached hydrogens (tertiary/aromatic N) is 1. The van der Waals surface area contributed by atoms with Gasteiger partial charge in [0.15, 0.2) is 0 Å². The molecule has 0 aliphatic heterocycles. The molecule has 0 bridgehead atoms. The van der Waals surface area contributed by atoms with E-state index in [0.717, 1.165) is 6.07 Å². The number of hydrogen-bond donors (Lipinski definition) is 2. The molecule has 1 heterocycles. The molecule has 1 aromatic heterocycles. The highest BCUT2D eigenvalue weighted by atomic mass is 79.9. The van der Waals surface area contributed by atoms with Gasteiger partial charge in [0.05, 0.1) is 10.2 Å². The number of aromatic nitrogens is 2. The summed E-state index contributed by atoms with van der Waals surface area (Å²) in [7, 11) is 0. The van der Waals surface area contributed by atoms with Crippen LogP contribution in [0.1, 0.15) is 0 Å². The summed E-state index contributed by atoms with van der Waals surface area (Å²) < 4.78 is 26.5. The lowest BCUT2D eigenvalue weighted by molar-refractivity contribution is 0.581. The first-order valence-electron chi connectivity index (χ1n) is 4.03. The SMILES string of the molecule is Nc1cc(-c2cc(Br)c(F)cc2F)[nH]n1. The van der Waals surface area contributed by atoms with Gasteiger partial charge in [0.2, 0.25) is 0 Å². The Labute approximate surface area is 92.4 Å². The van der Waals surface area contributed by atoms with Crippen LogP contribution < -0.4 is 5.73 Å². The van der Waals surface area contributed by atoms with E-state index in [2.05, 4.69) is 26.1 Å². The van der Waals surface area contributed by atoms with Crippen molar-refractivity contribution in [2.45, 2.75) is 0 Å². The minimum Gasteiger partial charge on any atom is -0.382 e. The summed E-state index contributed by atoms with van der Waals surface area (Å²) in [6.07, 6.45) is 0. The normalized spacial score (nSPS) is 10.6. The predicted molar refractivity (Wildman–Crippen MR) is 56.1 cm³/mol. The Kier molecular flexibility index (Phi) is 2.44. The predicted octanol–water partition coefficient (Wildman–Crippen LogP) is 2.70. The number of halogens is 3. The fourth-order valence-corrected chi connectivity index (χ4v) is 1.55. The summed E-state index contributed by atoms with van der Waals surface area (Å²) in [6, 6.07) is 3.61. The highest BCUT2D eigenvalue weighted by Crippen LogP contribution is 2.27. The Morgan fingerprint density at radius 3 is 2.53 bits per heavy atom. The second-order valence-corrected chi connectivity index (χ2v) is 3.81. The van der Waals surface area contributed by atoms with Gasteiger partial charge in [0.1, 0.15) is 17.5 Å². The van der Waals surface area contributed by atoms with Gasteiger partial charge in [-0.05, 0) is 22.0 Å². The zero-order valence-corrected chi connectivity index (χ0v) is 8.98. The molecule has 0 aliphatic rings. The topological polar surface area (TPSA) is 54.7 Å². The lowest BCUT2D eigenvalue weighted by Crippen LogP contribution is -1.88. The molecule has 78 valence electrons. The minimum atomic E-state index is -0.667. The number of H-pyrrole nitrogens is 1. The van der Waals surface area contributed by atoms with Crippen molar-refractivity contribution in [3.05, 3.63) is 34.3 Å². The van der Waals surface area contributed by atoms with Crippen LogP contribution in [0.5, 0.6) is 0 Å². The molecule has 3 N–H and O–H groups in total. The Bertz CT molecular complexity index is 510. The lowest BCUT2D eigenvalue weighted by Gasteiger charge is -2.01. The molecule has 1 aromatic carbocycles. The number of nitrogens with one attached hydrogen (secondary N) is 1. The van der Waals surface area contributed by atoms with Crippen LogP contribution in [0.3, 0.4) is 0 Å². The van der Waals surface area contributed by atoms with Gasteiger partial charge in [-0.2, -0.15) is 5.10 Å². The van der Waals surface area contributed by atoms with Gasteiger partial charge in [-0.3, -0.25) is 5.10 Å². The van der Waals surface area contributed by atoms with Crippen LogP contribution in [-0.4, -0.2) is 10.2 Å². The van der Waals surface area contributed by atoms with E-state index in [0.29, 0.717) is 5.69 Å². The van der Waals surface area contributed by atoms with Crippen LogP contribution in [0.25, 0.3) is 11.3 Å². The smallest absolute Gasteiger partial charge is 0.145 e. The fourth-order valence-electron chi connectivity index (χ4n) is 1.20. The number of rotatable bonds is 1. The van der Waals surface area contributed by atoms with E-state index in [1.54, 1.807) is 0 Å². The highest BCUT2D eigenvalue weighted by molar-refractivity contribution is 9.10. The molecular formula is C9H6BrF2N3. The first-order chi connectivity index (χ1) is 7.08. The van der Waals surface area contributed by atoms with Gasteiger partial charge >= 0.3 is 0 Å². The van der Waals surface area contributed by atoms with E-state index < -0.39 is 11.6 Å². The van der Waals surface area contributed by atoms with Crippen LogP contribution in [0, 0.1) is 11.6 Å². The molecule has 3 nitrogen and oxygen atoms in total. The van der Waals surface area contributed by atoms with Crippen LogP contribution in [0.4, 0.5) is 14.6 Å². The Hall–Kier alpha value is -1.43. The number of nitrogens with two attached hydrogens (primary N) is 1. The molecule has 0 saturated heterocycles. The Morgan fingerprint density at radius 1 is 1.20 bits per heavy atom. The average Bonchev–Trinajstić information content (AvgIpc) is 2.58. The first-order valence-corrected chi connectivity index (χ1v) is 4.83. The first kappa shape index (κ1) is 10.1. The maximum absolute atomic E-state index is 13.4. The summed E-state index contributed by atoms with van der Waals surface area (Å²) in [6.45, 7) is 0. The van der Waals surface area contributed by atoms with Gasteiger partial charge in [-0.1, -0.05) is 0 Å². The molecule has 0 saturated carbocycles. The van der Waals surface area contributed by atoms with Gasteiger partial charge < -0.3 is 5.73 Å². The maximum Gasteiger partial charge on any atom is 0.145 e. The van der Waals surface area contributed by atoms with E-state index in [1.165, 1.54) is 12.1 Å². The van der Waals surface area contributed by atoms with Gasteiger partial charge in [0.25, 0.3) is 0 Å². The van der Waals surface area contributed by atoms with Crippen molar-refractivity contribution in [1.29, 1.82) is 0 Å². The monoisotopic (exact) mass is 273 g/mol. The highest BCUT2D eigenvalue weighted by Gasteiger charge is 2.11. The van der Waals surface area contributed by atoms with Crippen LogP contribution >= 0.6 is 15.9 Å².